The maximum Gasteiger partial charge on any atom is 0.373 e. The van der Waals surface area contributed by atoms with Gasteiger partial charge in [-0.25, -0.2) is 14.8 Å². The summed E-state index contributed by atoms with van der Waals surface area (Å²) in [5.74, 6) is 0.893. The molecule has 2 aliphatic heterocycles. The molecule has 4 heterocycles. The molecule has 0 radical (unpaired) electrons. The normalized spacial score (nSPS) is 24.2. The van der Waals surface area contributed by atoms with Crippen LogP contribution in [0, 0.1) is 17.2 Å². The van der Waals surface area contributed by atoms with E-state index >= 15 is 0 Å². The smallest absolute Gasteiger partial charge is 0.373 e. The van der Waals surface area contributed by atoms with E-state index in [9.17, 15) is 24.9 Å². The monoisotopic (exact) mass is 637 g/mol. The average Bonchev–Trinajstić information content (AvgIpc) is 3.49. The van der Waals surface area contributed by atoms with Crippen molar-refractivity contribution in [2.75, 3.05) is 43.6 Å². The van der Waals surface area contributed by atoms with E-state index in [0.29, 0.717) is 35.6 Å². The summed E-state index contributed by atoms with van der Waals surface area (Å²) in [5.41, 5.74) is 0.756. The van der Waals surface area contributed by atoms with Crippen LogP contribution in [0.4, 0.5) is 16.3 Å². The molecular weight excluding hydrogens is 602 g/mol. The van der Waals surface area contributed by atoms with Gasteiger partial charge in [0.15, 0.2) is 5.65 Å². The second-order valence-electron chi connectivity index (χ2n) is 11.0. The van der Waals surface area contributed by atoms with Crippen LogP contribution in [0.25, 0.3) is 11.0 Å². The lowest BCUT2D eigenvalue weighted by Crippen LogP contribution is -2.54. The zero-order valence-electron chi connectivity index (χ0n) is 25.5. The lowest BCUT2D eigenvalue weighted by molar-refractivity contribution is -0.241. The highest BCUT2D eigenvalue weighted by Gasteiger charge is 2.39. The quantitative estimate of drug-likeness (QED) is 0.334. The second kappa shape index (κ2) is 14.9. The van der Waals surface area contributed by atoms with E-state index in [4.69, 9.17) is 24.3 Å². The van der Waals surface area contributed by atoms with Gasteiger partial charge in [-0.1, -0.05) is 19.1 Å². The molecule has 16 heteroatoms. The number of piperidine rings is 1. The van der Waals surface area contributed by atoms with Gasteiger partial charge in [0, 0.05) is 33.4 Å². The van der Waals surface area contributed by atoms with E-state index in [-0.39, 0.29) is 42.8 Å². The van der Waals surface area contributed by atoms with Gasteiger partial charge in [0.2, 0.25) is 12.2 Å². The van der Waals surface area contributed by atoms with Gasteiger partial charge in [-0.3, -0.25) is 14.3 Å². The molecule has 5 rings (SSSR count). The molecule has 244 valence electrons. The van der Waals surface area contributed by atoms with Crippen LogP contribution in [0.15, 0.2) is 42.9 Å². The zero-order valence-corrected chi connectivity index (χ0v) is 25.5. The van der Waals surface area contributed by atoms with E-state index in [1.54, 1.807) is 48.5 Å². The van der Waals surface area contributed by atoms with Crippen LogP contribution in [0.1, 0.15) is 19.8 Å². The van der Waals surface area contributed by atoms with E-state index in [0.717, 1.165) is 6.42 Å². The summed E-state index contributed by atoms with van der Waals surface area (Å²) in [6, 6.07) is 9.88. The Morgan fingerprint density at radius 1 is 1.13 bits per heavy atom. The molecule has 6 atom stereocenters. The minimum absolute atomic E-state index is 0.0581. The fourth-order valence-corrected chi connectivity index (χ4v) is 5.60. The van der Waals surface area contributed by atoms with E-state index in [1.165, 1.54) is 15.8 Å². The Hall–Kier alpha value is -4.91. The van der Waals surface area contributed by atoms with Gasteiger partial charge < -0.3 is 34.6 Å². The molecular formula is C30H35N7O9. The molecule has 0 saturated carbocycles. The highest BCUT2D eigenvalue weighted by atomic mass is 16.7. The van der Waals surface area contributed by atoms with Crippen molar-refractivity contribution in [2.24, 2.45) is 5.92 Å². The summed E-state index contributed by atoms with van der Waals surface area (Å²) in [5, 5.41) is 39.7. The number of hydrogen-bond acceptors (Lipinski definition) is 13. The third-order valence-electron chi connectivity index (χ3n) is 8.21. The second-order valence-corrected chi connectivity index (χ2v) is 11.0. The van der Waals surface area contributed by atoms with E-state index in [2.05, 4.69) is 16.9 Å². The number of aliphatic hydroxyl groups is 3. The first kappa shape index (κ1) is 34.0. The standard InChI is InChI=1S/C29H35N7O7.CO2/c1-17-9-12-35(23(38)8-11-30)14-20(17)33(2)26-18-10-13-36(27(18)32-16-31-26)29(41)34(3)19-6-4-5-7-22(19)43-28-25(40)24(39)21(37)15-42-28;2-1-3/h4-7,10,13,16-17,20-21,24-25,28,37,39-40H,8-9,12,14-15H2,1-3H3;/t17-,20?,21-,24+,25-,28+;/m1./s1. The van der Waals surface area contributed by atoms with Gasteiger partial charge >= 0.3 is 12.2 Å². The van der Waals surface area contributed by atoms with Crippen molar-refractivity contribution in [3.8, 4) is 11.8 Å². The number of likely N-dealkylation sites (N-methyl/N-ethyl adjacent to an activating group) is 1. The third kappa shape index (κ3) is 6.99. The first-order chi connectivity index (χ1) is 22.0. The van der Waals surface area contributed by atoms with Crippen LogP contribution in [0.3, 0.4) is 0 Å². The van der Waals surface area contributed by atoms with Gasteiger partial charge in [-0.2, -0.15) is 14.9 Å². The molecule has 3 aromatic rings. The molecule has 0 aliphatic carbocycles. The molecule has 1 unspecified atom stereocenters. The third-order valence-corrected chi connectivity index (χ3v) is 8.21. The lowest BCUT2D eigenvalue weighted by Gasteiger charge is -2.42. The fourth-order valence-electron chi connectivity index (χ4n) is 5.60. The summed E-state index contributed by atoms with van der Waals surface area (Å²) in [6.45, 7) is 2.95. The van der Waals surface area contributed by atoms with Gasteiger partial charge in [0.05, 0.1) is 29.8 Å². The van der Waals surface area contributed by atoms with Gasteiger partial charge in [-0.15, -0.1) is 0 Å². The Kier molecular flexibility index (Phi) is 11.0. The molecule has 2 aliphatic rings. The van der Waals surface area contributed by atoms with Crippen LogP contribution in [0.5, 0.6) is 5.75 Å². The van der Waals surface area contributed by atoms with E-state index < -0.39 is 30.6 Å². The van der Waals surface area contributed by atoms with Crippen LogP contribution < -0.4 is 14.5 Å². The summed E-state index contributed by atoms with van der Waals surface area (Å²) in [4.78, 5) is 56.4. The minimum Gasteiger partial charge on any atom is -0.460 e. The number of rotatable bonds is 6. The number of nitrogens with zero attached hydrogens (tertiary/aromatic N) is 7. The Bertz CT molecular complexity index is 1620. The SMILES string of the molecule is C[C@@H]1CCN(C(=O)CC#N)CC1N(C)c1ncnc2c1ccn2C(=O)N(C)c1ccccc1O[C@@H]1OC[C@@H](O)[C@H](O)[C@H]1O.O=C=O. The number of ether oxygens (including phenoxy) is 2. The largest absolute Gasteiger partial charge is 0.460 e. The van der Waals surface area contributed by atoms with Gasteiger partial charge in [0.25, 0.3) is 0 Å². The van der Waals surface area contributed by atoms with Crippen molar-refractivity contribution in [1.29, 1.82) is 5.26 Å². The molecule has 2 saturated heterocycles. The van der Waals surface area contributed by atoms with Crippen LogP contribution in [0.2, 0.25) is 0 Å². The highest BCUT2D eigenvalue weighted by molar-refractivity contribution is 6.01. The van der Waals surface area contributed by atoms with Crippen molar-refractivity contribution in [3.05, 3.63) is 42.9 Å². The molecule has 0 bridgehead atoms. The highest BCUT2D eigenvalue weighted by Crippen LogP contribution is 2.33. The number of carbonyl (C=O) groups is 2. The van der Waals surface area contributed by atoms with E-state index in [1.807, 2.05) is 18.0 Å². The number of benzene rings is 1. The first-order valence-corrected chi connectivity index (χ1v) is 14.4. The van der Waals surface area contributed by atoms with Crippen molar-refractivity contribution in [3.63, 3.8) is 0 Å². The average molecular weight is 638 g/mol. The van der Waals surface area contributed by atoms with Crippen molar-refractivity contribution < 1.29 is 44.0 Å². The maximum absolute atomic E-state index is 13.8. The number of anilines is 2. The van der Waals surface area contributed by atoms with Crippen LogP contribution in [-0.4, -0.2) is 117 Å². The number of fused-ring (bicyclic) bond motifs is 1. The molecule has 2 aromatic heterocycles. The Morgan fingerprint density at radius 3 is 2.57 bits per heavy atom. The maximum atomic E-state index is 13.8. The minimum atomic E-state index is -1.50. The van der Waals surface area contributed by atoms with Gasteiger partial charge in [0.1, 0.15) is 42.6 Å². The van der Waals surface area contributed by atoms with Crippen molar-refractivity contribution in [1.82, 2.24) is 19.4 Å². The fraction of sp³-hybridized carbons (Fsp3) is 0.467. The van der Waals surface area contributed by atoms with Crippen LogP contribution in [-0.2, 0) is 19.1 Å². The topological polar surface area (TPSA) is 212 Å². The number of aromatic nitrogens is 3. The Balaban J connectivity index is 0.00000154. The molecule has 2 amide bonds. The number of para-hydroxylation sites is 2. The summed E-state index contributed by atoms with van der Waals surface area (Å²) < 4.78 is 12.6. The number of nitriles is 1. The van der Waals surface area contributed by atoms with Crippen molar-refractivity contribution in [2.45, 2.75) is 50.4 Å². The first-order valence-electron chi connectivity index (χ1n) is 14.4. The predicted octanol–water partition coefficient (Wildman–Crippen LogP) is 0.357. The number of hydrogen-bond donors (Lipinski definition) is 3. The Labute approximate surface area is 264 Å². The Morgan fingerprint density at radius 2 is 1.85 bits per heavy atom. The molecule has 3 N–H and O–H groups in total. The number of likely N-dealkylation sites (tertiary alicyclic amines) is 1. The number of carbonyl (C=O) groups excluding carboxylic acids is 4. The van der Waals surface area contributed by atoms with Gasteiger partial charge in [-0.05, 0) is 30.5 Å². The molecule has 1 aromatic carbocycles. The number of aliphatic hydroxyl groups excluding tert-OH is 3. The van der Waals surface area contributed by atoms with Crippen molar-refractivity contribution >= 4 is 40.6 Å². The lowest BCUT2D eigenvalue weighted by atomic mass is 9.92. The summed E-state index contributed by atoms with van der Waals surface area (Å²) >= 11 is 0. The predicted molar refractivity (Wildman–Crippen MR) is 159 cm³/mol. The molecule has 16 nitrogen and oxygen atoms in total. The zero-order chi connectivity index (χ0) is 33.5. The number of amides is 2. The molecule has 46 heavy (non-hydrogen) atoms. The molecule has 2 fully saturated rings. The molecule has 0 spiro atoms. The summed E-state index contributed by atoms with van der Waals surface area (Å²) in [7, 11) is 3.47. The summed E-state index contributed by atoms with van der Waals surface area (Å²) in [6.07, 6.45) is -1.56. The van der Waals surface area contributed by atoms with Crippen LogP contribution >= 0.6 is 0 Å².